The Hall–Kier alpha value is -2.45. The standard InChI is InChI=1S/C20H14OS/c1-13-6-2-3-7-15(13)20(21)14-10-11-19-17(12-14)16-8-4-5-9-18(16)22-19/h2-12H,1H3. The fraction of sp³-hybridized carbons (Fsp3) is 0.0500. The van der Waals surface area contributed by atoms with Gasteiger partial charge < -0.3 is 0 Å². The predicted octanol–water partition coefficient (Wildman–Crippen LogP) is 5.59. The Morgan fingerprint density at radius 1 is 0.818 bits per heavy atom. The molecule has 3 aromatic carbocycles. The molecule has 0 fully saturated rings. The van der Waals surface area contributed by atoms with Gasteiger partial charge in [-0.15, -0.1) is 11.3 Å². The molecule has 22 heavy (non-hydrogen) atoms. The molecule has 0 unspecified atom stereocenters. The highest BCUT2D eigenvalue weighted by Crippen LogP contribution is 2.34. The number of carbonyl (C=O) groups is 1. The van der Waals surface area contributed by atoms with Gasteiger partial charge in [0.2, 0.25) is 0 Å². The molecule has 0 aliphatic rings. The Kier molecular flexibility index (Phi) is 3.05. The summed E-state index contributed by atoms with van der Waals surface area (Å²) in [7, 11) is 0. The van der Waals surface area contributed by atoms with Gasteiger partial charge in [-0.25, -0.2) is 0 Å². The molecule has 0 bridgehead atoms. The van der Waals surface area contributed by atoms with Crippen LogP contribution < -0.4 is 0 Å². The van der Waals surface area contributed by atoms with Crippen molar-refractivity contribution in [1.82, 2.24) is 0 Å². The van der Waals surface area contributed by atoms with E-state index in [1.165, 1.54) is 20.2 Å². The number of ketones is 1. The molecule has 1 nitrogen and oxygen atoms in total. The summed E-state index contributed by atoms with van der Waals surface area (Å²) in [5.41, 5.74) is 2.55. The first-order chi connectivity index (χ1) is 10.7. The Morgan fingerprint density at radius 2 is 1.55 bits per heavy atom. The van der Waals surface area contributed by atoms with Crippen molar-refractivity contribution in [2.45, 2.75) is 6.92 Å². The molecule has 4 aromatic rings. The van der Waals surface area contributed by atoms with Crippen molar-refractivity contribution in [2.24, 2.45) is 0 Å². The zero-order chi connectivity index (χ0) is 15.1. The van der Waals surface area contributed by atoms with Crippen molar-refractivity contribution >= 4 is 37.3 Å². The number of benzene rings is 3. The van der Waals surface area contributed by atoms with Crippen LogP contribution in [0.3, 0.4) is 0 Å². The van der Waals surface area contributed by atoms with Crippen LogP contribution in [0.4, 0.5) is 0 Å². The van der Waals surface area contributed by atoms with Gasteiger partial charge in [-0.05, 0) is 36.8 Å². The molecule has 0 saturated carbocycles. The summed E-state index contributed by atoms with van der Waals surface area (Å²) in [6.45, 7) is 1.98. The molecule has 0 atom stereocenters. The van der Waals surface area contributed by atoms with Crippen LogP contribution in [0.25, 0.3) is 20.2 Å². The highest BCUT2D eigenvalue weighted by molar-refractivity contribution is 7.25. The smallest absolute Gasteiger partial charge is 0.193 e. The van der Waals surface area contributed by atoms with E-state index in [2.05, 4.69) is 24.3 Å². The average Bonchev–Trinajstić information content (AvgIpc) is 2.92. The third-order valence-corrected chi connectivity index (χ3v) is 5.18. The van der Waals surface area contributed by atoms with E-state index >= 15 is 0 Å². The first-order valence-electron chi connectivity index (χ1n) is 7.26. The van der Waals surface area contributed by atoms with Gasteiger partial charge in [0, 0.05) is 31.3 Å². The van der Waals surface area contributed by atoms with Crippen molar-refractivity contribution in [3.05, 3.63) is 83.4 Å². The average molecular weight is 302 g/mol. The van der Waals surface area contributed by atoms with Gasteiger partial charge >= 0.3 is 0 Å². The maximum absolute atomic E-state index is 12.8. The molecule has 2 heteroatoms. The molecule has 106 valence electrons. The molecule has 0 aliphatic carbocycles. The minimum absolute atomic E-state index is 0.0929. The van der Waals surface area contributed by atoms with Gasteiger partial charge in [0.1, 0.15) is 0 Å². The van der Waals surface area contributed by atoms with Crippen LogP contribution in [0.15, 0.2) is 66.7 Å². The summed E-state index contributed by atoms with van der Waals surface area (Å²) >= 11 is 1.77. The van der Waals surface area contributed by atoms with Crippen LogP contribution in [0.2, 0.25) is 0 Å². The lowest BCUT2D eigenvalue weighted by Gasteiger charge is -2.05. The van der Waals surface area contributed by atoms with E-state index in [1.54, 1.807) is 11.3 Å². The van der Waals surface area contributed by atoms with Crippen molar-refractivity contribution in [3.8, 4) is 0 Å². The van der Waals surface area contributed by atoms with Gasteiger partial charge in [0.05, 0.1) is 0 Å². The molecule has 0 radical (unpaired) electrons. The zero-order valence-corrected chi connectivity index (χ0v) is 13.0. The van der Waals surface area contributed by atoms with E-state index in [9.17, 15) is 4.79 Å². The fourth-order valence-electron chi connectivity index (χ4n) is 2.85. The van der Waals surface area contributed by atoms with Crippen molar-refractivity contribution in [3.63, 3.8) is 0 Å². The highest BCUT2D eigenvalue weighted by Gasteiger charge is 2.13. The van der Waals surface area contributed by atoms with E-state index < -0.39 is 0 Å². The van der Waals surface area contributed by atoms with E-state index in [4.69, 9.17) is 0 Å². The van der Waals surface area contributed by atoms with Crippen molar-refractivity contribution in [2.75, 3.05) is 0 Å². The lowest BCUT2D eigenvalue weighted by Crippen LogP contribution is -2.03. The van der Waals surface area contributed by atoms with Crippen LogP contribution >= 0.6 is 11.3 Å². The molecule has 0 saturated heterocycles. The number of thiophene rings is 1. The molecular weight excluding hydrogens is 288 g/mol. The van der Waals surface area contributed by atoms with Crippen molar-refractivity contribution < 1.29 is 4.79 Å². The summed E-state index contributed by atoms with van der Waals surface area (Å²) in [5, 5.41) is 2.39. The molecule has 0 N–H and O–H groups in total. The van der Waals surface area contributed by atoms with Crippen LogP contribution in [0, 0.1) is 6.92 Å². The third-order valence-electron chi connectivity index (χ3n) is 4.03. The molecule has 4 rings (SSSR count). The minimum Gasteiger partial charge on any atom is -0.289 e. The second-order valence-electron chi connectivity index (χ2n) is 5.45. The summed E-state index contributed by atoms with van der Waals surface area (Å²) in [6.07, 6.45) is 0. The first kappa shape index (κ1) is 13.2. The molecule has 0 spiro atoms. The number of aryl methyl sites for hydroxylation is 1. The van der Waals surface area contributed by atoms with Crippen LogP contribution in [0.1, 0.15) is 21.5 Å². The van der Waals surface area contributed by atoms with Gasteiger partial charge in [-0.1, -0.05) is 42.5 Å². The number of carbonyl (C=O) groups excluding carboxylic acids is 1. The summed E-state index contributed by atoms with van der Waals surface area (Å²) < 4.78 is 2.49. The SMILES string of the molecule is Cc1ccccc1C(=O)c1ccc2sc3ccccc3c2c1. The molecule has 0 aliphatic heterocycles. The second kappa shape index (κ2) is 5.08. The number of hydrogen-bond donors (Lipinski definition) is 0. The van der Waals surface area contributed by atoms with E-state index in [0.29, 0.717) is 0 Å². The molecule has 1 heterocycles. The van der Waals surface area contributed by atoms with Gasteiger partial charge in [-0.3, -0.25) is 4.79 Å². The summed E-state index contributed by atoms with van der Waals surface area (Å²) in [5.74, 6) is 0.0929. The Morgan fingerprint density at radius 3 is 2.41 bits per heavy atom. The van der Waals surface area contributed by atoms with Crippen LogP contribution in [-0.4, -0.2) is 5.78 Å². The number of hydrogen-bond acceptors (Lipinski definition) is 2. The number of rotatable bonds is 2. The third kappa shape index (κ3) is 2.04. The monoisotopic (exact) mass is 302 g/mol. The number of fused-ring (bicyclic) bond motifs is 3. The lowest BCUT2D eigenvalue weighted by molar-refractivity contribution is 0.103. The molecule has 1 aromatic heterocycles. The van der Waals surface area contributed by atoms with Crippen molar-refractivity contribution in [1.29, 1.82) is 0 Å². The normalized spacial score (nSPS) is 11.1. The van der Waals surface area contributed by atoms with E-state index in [-0.39, 0.29) is 5.78 Å². The predicted molar refractivity (Wildman–Crippen MR) is 93.9 cm³/mol. The van der Waals surface area contributed by atoms with Gasteiger partial charge in [0.25, 0.3) is 0 Å². The van der Waals surface area contributed by atoms with Gasteiger partial charge in [-0.2, -0.15) is 0 Å². The first-order valence-corrected chi connectivity index (χ1v) is 8.07. The maximum atomic E-state index is 12.8. The maximum Gasteiger partial charge on any atom is 0.193 e. The highest BCUT2D eigenvalue weighted by atomic mass is 32.1. The topological polar surface area (TPSA) is 17.1 Å². The largest absolute Gasteiger partial charge is 0.289 e. The summed E-state index contributed by atoms with van der Waals surface area (Å²) in [6, 6.07) is 22.1. The van der Waals surface area contributed by atoms with E-state index in [1.807, 2.05) is 49.4 Å². The quantitative estimate of drug-likeness (QED) is 0.441. The van der Waals surface area contributed by atoms with E-state index in [0.717, 1.165) is 16.7 Å². The van der Waals surface area contributed by atoms with Crippen LogP contribution in [0.5, 0.6) is 0 Å². The minimum atomic E-state index is 0.0929. The lowest BCUT2D eigenvalue weighted by atomic mass is 9.98. The Labute approximate surface area is 132 Å². The summed E-state index contributed by atoms with van der Waals surface area (Å²) in [4.78, 5) is 12.8. The Balaban J connectivity index is 1.91. The molecule has 0 amide bonds. The van der Waals surface area contributed by atoms with Crippen LogP contribution in [-0.2, 0) is 0 Å². The molecular formula is C20H14OS. The Bertz CT molecular complexity index is 1010. The fourth-order valence-corrected chi connectivity index (χ4v) is 3.94. The second-order valence-corrected chi connectivity index (χ2v) is 6.54. The van der Waals surface area contributed by atoms with Gasteiger partial charge in [0.15, 0.2) is 5.78 Å². The zero-order valence-electron chi connectivity index (χ0n) is 12.2.